The van der Waals surface area contributed by atoms with Crippen LogP contribution >= 0.6 is 0 Å². The van der Waals surface area contributed by atoms with E-state index in [0.717, 1.165) is 10.9 Å². The van der Waals surface area contributed by atoms with Crippen molar-refractivity contribution in [3.05, 3.63) is 42.1 Å². The second kappa shape index (κ2) is 3.69. The molecule has 1 aromatic heterocycles. The highest BCUT2D eigenvalue weighted by atomic mass is 16.2. The standard InChI is InChI=1S/C12H12N2O/c1-14(2)12(15)10-7-3-5-9-6-4-8-13-11(9)10/h3-8H,1-2H3. The van der Waals surface area contributed by atoms with Crippen LogP contribution in [0.25, 0.3) is 10.9 Å². The van der Waals surface area contributed by atoms with Gasteiger partial charge in [0, 0.05) is 25.7 Å². The van der Waals surface area contributed by atoms with Gasteiger partial charge in [-0.15, -0.1) is 0 Å². The molecule has 0 spiro atoms. The lowest BCUT2D eigenvalue weighted by Gasteiger charge is -2.11. The number of para-hydroxylation sites is 1. The fraction of sp³-hybridized carbons (Fsp3) is 0.167. The second-order valence-electron chi connectivity index (χ2n) is 3.58. The molecule has 15 heavy (non-hydrogen) atoms. The minimum absolute atomic E-state index is 0.0145. The normalized spacial score (nSPS) is 10.3. The summed E-state index contributed by atoms with van der Waals surface area (Å²) in [6, 6.07) is 9.45. The summed E-state index contributed by atoms with van der Waals surface area (Å²) in [5.74, 6) is -0.0145. The maximum absolute atomic E-state index is 11.8. The molecule has 1 heterocycles. The van der Waals surface area contributed by atoms with Crippen molar-refractivity contribution < 1.29 is 4.79 Å². The summed E-state index contributed by atoms with van der Waals surface area (Å²) in [5, 5.41) is 0.991. The lowest BCUT2D eigenvalue weighted by atomic mass is 10.1. The van der Waals surface area contributed by atoms with Gasteiger partial charge in [0.2, 0.25) is 0 Å². The Kier molecular flexibility index (Phi) is 2.37. The fourth-order valence-electron chi connectivity index (χ4n) is 1.52. The molecule has 0 aliphatic heterocycles. The molecule has 0 bridgehead atoms. The molecule has 3 nitrogen and oxygen atoms in total. The van der Waals surface area contributed by atoms with Crippen LogP contribution in [0.1, 0.15) is 10.4 Å². The van der Waals surface area contributed by atoms with E-state index in [0.29, 0.717) is 5.56 Å². The van der Waals surface area contributed by atoms with Gasteiger partial charge in [0.25, 0.3) is 5.91 Å². The molecule has 0 N–H and O–H groups in total. The fourth-order valence-corrected chi connectivity index (χ4v) is 1.52. The molecule has 0 atom stereocenters. The molecule has 2 aromatic rings. The molecule has 3 heteroatoms. The third-order valence-corrected chi connectivity index (χ3v) is 2.27. The van der Waals surface area contributed by atoms with Crippen molar-refractivity contribution in [2.75, 3.05) is 14.1 Å². The second-order valence-corrected chi connectivity index (χ2v) is 3.58. The van der Waals surface area contributed by atoms with E-state index in [9.17, 15) is 4.79 Å². The zero-order valence-electron chi connectivity index (χ0n) is 8.77. The zero-order chi connectivity index (χ0) is 10.8. The zero-order valence-corrected chi connectivity index (χ0v) is 8.77. The van der Waals surface area contributed by atoms with Gasteiger partial charge in [-0.3, -0.25) is 9.78 Å². The van der Waals surface area contributed by atoms with E-state index in [1.807, 2.05) is 24.3 Å². The molecular weight excluding hydrogens is 188 g/mol. The van der Waals surface area contributed by atoms with Gasteiger partial charge >= 0.3 is 0 Å². The van der Waals surface area contributed by atoms with Crippen LogP contribution in [-0.2, 0) is 0 Å². The van der Waals surface area contributed by atoms with Crippen molar-refractivity contribution in [1.29, 1.82) is 0 Å². The first-order chi connectivity index (χ1) is 7.20. The van der Waals surface area contributed by atoms with Crippen LogP contribution in [0.3, 0.4) is 0 Å². The summed E-state index contributed by atoms with van der Waals surface area (Å²) in [7, 11) is 3.48. The van der Waals surface area contributed by atoms with E-state index in [4.69, 9.17) is 0 Å². The number of amides is 1. The smallest absolute Gasteiger partial charge is 0.255 e. The molecule has 0 unspecified atom stereocenters. The third kappa shape index (κ3) is 1.68. The van der Waals surface area contributed by atoms with Crippen molar-refractivity contribution in [2.24, 2.45) is 0 Å². The van der Waals surface area contributed by atoms with Crippen LogP contribution < -0.4 is 0 Å². The number of hydrogen-bond donors (Lipinski definition) is 0. The largest absolute Gasteiger partial charge is 0.345 e. The van der Waals surface area contributed by atoms with E-state index in [1.165, 1.54) is 0 Å². The Labute approximate surface area is 88.3 Å². The van der Waals surface area contributed by atoms with Gasteiger partial charge in [0.1, 0.15) is 0 Å². The highest BCUT2D eigenvalue weighted by Crippen LogP contribution is 2.16. The number of hydrogen-bond acceptors (Lipinski definition) is 2. The van der Waals surface area contributed by atoms with Crippen molar-refractivity contribution >= 4 is 16.8 Å². The predicted octanol–water partition coefficient (Wildman–Crippen LogP) is 1.94. The average Bonchev–Trinajstić information content (AvgIpc) is 2.27. The Morgan fingerprint density at radius 1 is 1.20 bits per heavy atom. The van der Waals surface area contributed by atoms with E-state index in [-0.39, 0.29) is 5.91 Å². The topological polar surface area (TPSA) is 33.2 Å². The first-order valence-electron chi connectivity index (χ1n) is 4.75. The molecule has 0 aliphatic carbocycles. The van der Waals surface area contributed by atoms with Crippen LogP contribution in [0.15, 0.2) is 36.5 Å². The summed E-state index contributed by atoms with van der Waals surface area (Å²) in [5.41, 5.74) is 1.41. The SMILES string of the molecule is CN(C)C(=O)c1cccc2cccnc12. The monoisotopic (exact) mass is 200 g/mol. The van der Waals surface area contributed by atoms with Crippen LogP contribution in [0, 0.1) is 0 Å². The van der Waals surface area contributed by atoms with Crippen LogP contribution in [0.5, 0.6) is 0 Å². The molecule has 1 amide bonds. The minimum atomic E-state index is -0.0145. The Bertz CT molecular complexity index is 500. The molecular formula is C12H12N2O. The summed E-state index contributed by atoms with van der Waals surface area (Å²) in [6.45, 7) is 0. The van der Waals surface area contributed by atoms with Crippen LogP contribution in [0.4, 0.5) is 0 Å². The van der Waals surface area contributed by atoms with Gasteiger partial charge in [0.15, 0.2) is 0 Å². The van der Waals surface area contributed by atoms with E-state index >= 15 is 0 Å². The minimum Gasteiger partial charge on any atom is -0.345 e. The number of carbonyl (C=O) groups excluding carboxylic acids is 1. The Hall–Kier alpha value is -1.90. The highest BCUT2D eigenvalue weighted by Gasteiger charge is 2.11. The Balaban J connectivity index is 2.66. The van der Waals surface area contributed by atoms with E-state index < -0.39 is 0 Å². The number of fused-ring (bicyclic) bond motifs is 1. The lowest BCUT2D eigenvalue weighted by Crippen LogP contribution is -2.22. The van der Waals surface area contributed by atoms with Gasteiger partial charge in [-0.2, -0.15) is 0 Å². The Morgan fingerprint density at radius 3 is 2.67 bits per heavy atom. The van der Waals surface area contributed by atoms with Crippen molar-refractivity contribution in [1.82, 2.24) is 9.88 Å². The molecule has 0 fully saturated rings. The third-order valence-electron chi connectivity index (χ3n) is 2.27. The summed E-state index contributed by atoms with van der Waals surface area (Å²) >= 11 is 0. The van der Waals surface area contributed by atoms with Gasteiger partial charge in [-0.1, -0.05) is 18.2 Å². The van der Waals surface area contributed by atoms with Crippen molar-refractivity contribution in [2.45, 2.75) is 0 Å². The van der Waals surface area contributed by atoms with Crippen molar-refractivity contribution in [3.8, 4) is 0 Å². The Morgan fingerprint density at radius 2 is 1.93 bits per heavy atom. The average molecular weight is 200 g/mol. The van der Waals surface area contributed by atoms with E-state index in [2.05, 4.69) is 4.98 Å². The number of aromatic nitrogens is 1. The molecule has 76 valence electrons. The first-order valence-corrected chi connectivity index (χ1v) is 4.75. The maximum Gasteiger partial charge on any atom is 0.255 e. The van der Waals surface area contributed by atoms with Gasteiger partial charge in [-0.05, 0) is 12.1 Å². The first kappa shape index (κ1) is 9.65. The quantitative estimate of drug-likeness (QED) is 0.704. The summed E-state index contributed by atoms with van der Waals surface area (Å²) < 4.78 is 0. The predicted molar refractivity (Wildman–Crippen MR) is 59.8 cm³/mol. The number of benzene rings is 1. The highest BCUT2D eigenvalue weighted by molar-refractivity contribution is 6.05. The lowest BCUT2D eigenvalue weighted by molar-refractivity contribution is 0.0829. The van der Waals surface area contributed by atoms with Crippen LogP contribution in [-0.4, -0.2) is 29.9 Å². The molecule has 0 saturated heterocycles. The number of rotatable bonds is 1. The molecule has 0 radical (unpaired) electrons. The molecule has 2 rings (SSSR count). The summed E-state index contributed by atoms with van der Waals surface area (Å²) in [6.07, 6.45) is 1.70. The van der Waals surface area contributed by atoms with Gasteiger partial charge in [0.05, 0.1) is 11.1 Å². The maximum atomic E-state index is 11.8. The van der Waals surface area contributed by atoms with Crippen molar-refractivity contribution in [3.63, 3.8) is 0 Å². The molecule has 0 aliphatic rings. The van der Waals surface area contributed by atoms with Gasteiger partial charge in [-0.25, -0.2) is 0 Å². The van der Waals surface area contributed by atoms with Gasteiger partial charge < -0.3 is 4.90 Å². The number of carbonyl (C=O) groups is 1. The summed E-state index contributed by atoms with van der Waals surface area (Å²) in [4.78, 5) is 17.6. The molecule has 1 aromatic carbocycles. The molecule has 0 saturated carbocycles. The number of pyridine rings is 1. The van der Waals surface area contributed by atoms with Crippen LogP contribution in [0.2, 0.25) is 0 Å². The van der Waals surface area contributed by atoms with E-state index in [1.54, 1.807) is 31.3 Å². The number of nitrogens with zero attached hydrogens (tertiary/aromatic N) is 2.